The number of amides is 2. The van der Waals surface area contributed by atoms with Crippen LogP contribution >= 0.6 is 0 Å². The zero-order valence-corrected chi connectivity index (χ0v) is 20.1. The lowest BCUT2D eigenvalue weighted by molar-refractivity contribution is -0.137. The van der Waals surface area contributed by atoms with Crippen molar-refractivity contribution in [1.29, 1.82) is 0 Å². The first-order valence-corrected chi connectivity index (χ1v) is 11.3. The highest BCUT2D eigenvalue weighted by molar-refractivity contribution is 6.06. The monoisotopic (exact) mass is 526 g/mol. The molecule has 3 heterocycles. The number of fused-ring (bicyclic) bond motifs is 1. The summed E-state index contributed by atoms with van der Waals surface area (Å²) < 4.78 is 56.0. The number of nitrogens with zero attached hydrogens (tertiary/aromatic N) is 4. The number of aliphatic hydroxyl groups excluding tert-OH is 1. The first kappa shape index (κ1) is 25.1. The minimum absolute atomic E-state index is 0.0667. The van der Waals surface area contributed by atoms with Gasteiger partial charge in [0.05, 0.1) is 43.7 Å². The number of halogens is 3. The van der Waals surface area contributed by atoms with Gasteiger partial charge < -0.3 is 19.3 Å². The number of ether oxygens (including phenoxy) is 3. The number of urea groups is 1. The molecule has 1 atom stereocenters. The first-order chi connectivity index (χ1) is 18.2. The summed E-state index contributed by atoms with van der Waals surface area (Å²) in [5, 5.41) is 11.2. The number of alkyl halides is 3. The van der Waals surface area contributed by atoms with Crippen LogP contribution in [0, 0.1) is 0 Å². The molecule has 0 bridgehead atoms. The molecule has 0 aliphatic carbocycles. The summed E-state index contributed by atoms with van der Waals surface area (Å²) in [6, 6.07) is 11.7. The van der Waals surface area contributed by atoms with Gasteiger partial charge in [0.25, 0.3) is 0 Å². The van der Waals surface area contributed by atoms with Crippen molar-refractivity contribution in [2.24, 2.45) is 0 Å². The van der Waals surface area contributed by atoms with Crippen molar-refractivity contribution in [2.45, 2.75) is 12.4 Å². The molecular weight excluding hydrogens is 505 g/mol. The summed E-state index contributed by atoms with van der Waals surface area (Å²) in [5.41, 5.74) is -0.0881. The minimum Gasteiger partial charge on any atom is -0.493 e. The number of pyridine rings is 2. The molecular formula is C26H21F3N4O5. The van der Waals surface area contributed by atoms with Crippen molar-refractivity contribution in [2.75, 3.05) is 30.6 Å². The molecule has 0 radical (unpaired) electrons. The average molecular weight is 526 g/mol. The van der Waals surface area contributed by atoms with Crippen LogP contribution in [0.3, 0.4) is 0 Å². The highest BCUT2D eigenvalue weighted by Crippen LogP contribution is 2.38. The Hall–Kier alpha value is -4.58. The highest BCUT2D eigenvalue weighted by atomic mass is 19.4. The van der Waals surface area contributed by atoms with Crippen molar-refractivity contribution < 1.29 is 37.3 Å². The largest absolute Gasteiger partial charge is 0.493 e. The normalized spacial score (nSPS) is 15.7. The molecule has 2 amide bonds. The predicted molar refractivity (Wildman–Crippen MR) is 132 cm³/mol. The van der Waals surface area contributed by atoms with Crippen LogP contribution in [-0.4, -0.2) is 48.1 Å². The molecule has 196 valence electrons. The van der Waals surface area contributed by atoms with Gasteiger partial charge in [-0.05, 0) is 42.5 Å². The van der Waals surface area contributed by atoms with E-state index in [4.69, 9.17) is 14.2 Å². The molecule has 2 aromatic carbocycles. The summed E-state index contributed by atoms with van der Waals surface area (Å²) in [4.78, 5) is 23.1. The van der Waals surface area contributed by atoms with Gasteiger partial charge in [-0.25, -0.2) is 4.79 Å². The van der Waals surface area contributed by atoms with Crippen LogP contribution in [0.4, 0.5) is 29.3 Å². The fourth-order valence-corrected chi connectivity index (χ4v) is 4.15. The topological polar surface area (TPSA) is 97.3 Å². The van der Waals surface area contributed by atoms with E-state index in [1.54, 1.807) is 48.7 Å². The van der Waals surface area contributed by atoms with Crippen LogP contribution < -0.4 is 24.0 Å². The molecule has 2 aromatic heterocycles. The Morgan fingerprint density at radius 2 is 1.66 bits per heavy atom. The Morgan fingerprint density at radius 3 is 2.34 bits per heavy atom. The van der Waals surface area contributed by atoms with Gasteiger partial charge in [0, 0.05) is 29.5 Å². The number of hydrogen-bond donors (Lipinski definition) is 1. The van der Waals surface area contributed by atoms with Gasteiger partial charge >= 0.3 is 12.2 Å². The smallest absolute Gasteiger partial charge is 0.417 e. The van der Waals surface area contributed by atoms with Gasteiger partial charge in [0.2, 0.25) is 0 Å². The molecule has 38 heavy (non-hydrogen) atoms. The number of carbonyl (C=O) groups excluding carboxylic acids is 1. The van der Waals surface area contributed by atoms with E-state index < -0.39 is 24.0 Å². The molecule has 12 heteroatoms. The van der Waals surface area contributed by atoms with Crippen molar-refractivity contribution in [3.05, 3.63) is 72.7 Å². The van der Waals surface area contributed by atoms with Gasteiger partial charge in [0.15, 0.2) is 17.7 Å². The lowest BCUT2D eigenvalue weighted by atomic mass is 10.2. The first-order valence-electron chi connectivity index (χ1n) is 11.3. The van der Waals surface area contributed by atoms with E-state index in [0.717, 1.165) is 22.1 Å². The molecule has 1 saturated heterocycles. The molecule has 5 rings (SSSR count). The maximum atomic E-state index is 13.1. The van der Waals surface area contributed by atoms with Crippen molar-refractivity contribution in [3.63, 3.8) is 0 Å². The number of rotatable bonds is 6. The van der Waals surface area contributed by atoms with E-state index in [0.29, 0.717) is 45.8 Å². The average Bonchev–Trinajstić information content (AvgIpc) is 3.21. The molecule has 1 aliphatic heterocycles. The second kappa shape index (κ2) is 9.71. The van der Waals surface area contributed by atoms with Crippen LogP contribution in [0.25, 0.3) is 10.9 Å². The number of hydrogen-bond acceptors (Lipinski definition) is 7. The highest BCUT2D eigenvalue weighted by Gasteiger charge is 2.39. The molecule has 1 fully saturated rings. The Bertz CT molecular complexity index is 1500. The van der Waals surface area contributed by atoms with Crippen LogP contribution in [0.1, 0.15) is 5.56 Å². The zero-order valence-electron chi connectivity index (χ0n) is 20.1. The number of carbonyl (C=O) groups is 1. The Balaban J connectivity index is 1.38. The number of anilines is 2. The second-order valence-electron chi connectivity index (χ2n) is 8.30. The van der Waals surface area contributed by atoms with E-state index in [2.05, 4.69) is 9.97 Å². The second-order valence-corrected chi connectivity index (χ2v) is 8.30. The summed E-state index contributed by atoms with van der Waals surface area (Å²) >= 11 is 0. The van der Waals surface area contributed by atoms with Gasteiger partial charge in [-0.15, -0.1) is 0 Å². The molecule has 0 saturated carbocycles. The number of methoxy groups -OCH3 is 2. The molecule has 0 unspecified atom stereocenters. The van der Waals surface area contributed by atoms with Crippen LogP contribution in [-0.2, 0) is 6.18 Å². The van der Waals surface area contributed by atoms with E-state index in [9.17, 15) is 23.1 Å². The van der Waals surface area contributed by atoms with Gasteiger partial charge in [-0.2, -0.15) is 13.2 Å². The van der Waals surface area contributed by atoms with E-state index in [1.807, 2.05) is 0 Å². The standard InChI is InChI=1S/C26H21F3N4O5/c1-36-22-10-19-20(11-23(22)37-2)31-8-7-21(19)38-18-5-3-16(4-6-18)33-24(34)14-32(25(33)35)17-9-15(12-30-13-17)26(27,28)29/h3-13,24,34H,14H2,1-2H3/t24-/m1/s1. The van der Waals surface area contributed by atoms with Crippen LogP contribution in [0.5, 0.6) is 23.0 Å². The van der Waals surface area contributed by atoms with Gasteiger partial charge in [0.1, 0.15) is 11.5 Å². The molecule has 0 spiro atoms. The van der Waals surface area contributed by atoms with E-state index in [-0.39, 0.29) is 12.2 Å². The summed E-state index contributed by atoms with van der Waals surface area (Å²) in [6.07, 6.45) is -2.49. The Kier molecular flexibility index (Phi) is 6.41. The number of aliphatic hydroxyl groups is 1. The predicted octanol–water partition coefficient (Wildman–Crippen LogP) is 5.22. The minimum atomic E-state index is -4.61. The number of aromatic nitrogens is 2. The Labute approximate surface area is 214 Å². The summed E-state index contributed by atoms with van der Waals surface area (Å²) in [6.45, 7) is -0.228. The van der Waals surface area contributed by atoms with Crippen molar-refractivity contribution >= 4 is 28.3 Å². The fourth-order valence-electron chi connectivity index (χ4n) is 4.15. The lowest BCUT2D eigenvalue weighted by Gasteiger charge is -2.20. The SMILES string of the molecule is COc1cc2nccc(Oc3ccc(N4C(=O)N(c5cncc(C(F)(F)F)c5)C[C@H]4O)cc3)c2cc1OC. The van der Waals surface area contributed by atoms with Gasteiger partial charge in [-0.1, -0.05) is 0 Å². The van der Waals surface area contributed by atoms with Crippen LogP contribution in [0.15, 0.2) is 67.1 Å². The van der Waals surface area contributed by atoms with Crippen molar-refractivity contribution in [1.82, 2.24) is 9.97 Å². The molecule has 1 N–H and O–H groups in total. The van der Waals surface area contributed by atoms with E-state index >= 15 is 0 Å². The third-order valence-corrected chi connectivity index (χ3v) is 5.99. The molecule has 1 aliphatic rings. The number of β-amino-alcohol motifs (C(OH)–C–C–N with tert-alkyl or cyclic N) is 1. The van der Waals surface area contributed by atoms with Crippen molar-refractivity contribution in [3.8, 4) is 23.0 Å². The summed E-state index contributed by atoms with van der Waals surface area (Å²) in [5.74, 6) is 1.98. The Morgan fingerprint density at radius 1 is 0.947 bits per heavy atom. The molecule has 4 aromatic rings. The van der Waals surface area contributed by atoms with E-state index in [1.165, 1.54) is 14.2 Å². The number of benzene rings is 2. The van der Waals surface area contributed by atoms with Crippen LogP contribution in [0.2, 0.25) is 0 Å². The summed E-state index contributed by atoms with van der Waals surface area (Å²) in [7, 11) is 3.06. The quantitative estimate of drug-likeness (QED) is 0.368. The fraction of sp³-hybridized carbons (Fsp3) is 0.192. The molecule has 9 nitrogen and oxygen atoms in total. The maximum absolute atomic E-state index is 13.1. The maximum Gasteiger partial charge on any atom is 0.417 e. The third-order valence-electron chi connectivity index (χ3n) is 5.99. The lowest BCUT2D eigenvalue weighted by Crippen LogP contribution is -2.34. The third kappa shape index (κ3) is 4.61. The zero-order chi connectivity index (χ0) is 27.0. The van der Waals surface area contributed by atoms with Gasteiger partial charge in [-0.3, -0.25) is 19.8 Å².